The molecule has 1 fully saturated rings. The van der Waals surface area contributed by atoms with Crippen LogP contribution in [0.3, 0.4) is 0 Å². The summed E-state index contributed by atoms with van der Waals surface area (Å²) in [4.78, 5) is 17.6. The molecule has 0 bridgehead atoms. The zero-order chi connectivity index (χ0) is 18.1. The number of aromatic nitrogens is 1. The maximum atomic E-state index is 13.8. The van der Waals surface area contributed by atoms with Gasteiger partial charge in [0.05, 0.1) is 0 Å². The Morgan fingerprint density at radius 1 is 1.15 bits per heavy atom. The molecule has 3 aromatic rings. The van der Waals surface area contributed by atoms with Crippen LogP contribution in [0.2, 0.25) is 0 Å². The highest BCUT2D eigenvalue weighted by atomic mass is 32.1. The number of halogens is 2. The van der Waals surface area contributed by atoms with Gasteiger partial charge in [0.15, 0.2) is 5.13 Å². The number of rotatable bonds is 5. The number of hydrogen-bond donors (Lipinski definition) is 1. The molecule has 1 aliphatic carbocycles. The van der Waals surface area contributed by atoms with Gasteiger partial charge in [0, 0.05) is 23.4 Å². The average molecular weight is 370 g/mol. The zero-order valence-corrected chi connectivity index (χ0v) is 14.6. The van der Waals surface area contributed by atoms with Gasteiger partial charge in [-0.15, -0.1) is 11.3 Å². The summed E-state index contributed by atoms with van der Waals surface area (Å²) in [6.07, 6.45) is 3.00. The van der Waals surface area contributed by atoms with E-state index < -0.39 is 0 Å². The van der Waals surface area contributed by atoms with Crippen LogP contribution < -0.4 is 5.32 Å². The fourth-order valence-electron chi connectivity index (χ4n) is 3.05. The molecule has 2 aromatic carbocycles. The Morgan fingerprint density at radius 2 is 1.92 bits per heavy atom. The van der Waals surface area contributed by atoms with Crippen LogP contribution in [-0.4, -0.2) is 10.9 Å². The van der Waals surface area contributed by atoms with Gasteiger partial charge in [-0.3, -0.25) is 4.79 Å². The molecule has 1 amide bonds. The van der Waals surface area contributed by atoms with Crippen molar-refractivity contribution >= 4 is 22.4 Å². The van der Waals surface area contributed by atoms with E-state index in [0.29, 0.717) is 23.5 Å². The highest BCUT2D eigenvalue weighted by Gasteiger charge is 2.45. The normalized spacial score (nSPS) is 18.5. The van der Waals surface area contributed by atoms with Crippen LogP contribution in [0.25, 0.3) is 0 Å². The summed E-state index contributed by atoms with van der Waals surface area (Å²) in [5.74, 6) is -0.921. The minimum absolute atomic E-state index is 0.0603. The zero-order valence-electron chi connectivity index (χ0n) is 13.8. The van der Waals surface area contributed by atoms with Gasteiger partial charge in [-0.2, -0.15) is 0 Å². The number of benzene rings is 2. The third-order valence-corrected chi connectivity index (χ3v) is 5.42. The lowest BCUT2D eigenvalue weighted by Crippen LogP contribution is -2.14. The van der Waals surface area contributed by atoms with E-state index in [4.69, 9.17) is 0 Å². The number of thiazole rings is 1. The van der Waals surface area contributed by atoms with Crippen LogP contribution in [0.4, 0.5) is 13.9 Å². The second-order valence-corrected chi connectivity index (χ2v) is 7.51. The molecule has 0 radical (unpaired) electrons. The first-order valence-electron chi connectivity index (χ1n) is 8.34. The molecule has 1 aliphatic rings. The van der Waals surface area contributed by atoms with E-state index in [9.17, 15) is 13.6 Å². The SMILES string of the molecule is O=C(Nc1ncc(Cc2ccc(F)cc2)s1)C1CC1c1ccccc1F. The van der Waals surface area contributed by atoms with Crippen molar-refractivity contribution in [3.05, 3.63) is 82.4 Å². The lowest BCUT2D eigenvalue weighted by atomic mass is 10.1. The maximum absolute atomic E-state index is 13.8. The summed E-state index contributed by atoms with van der Waals surface area (Å²) in [6, 6.07) is 12.9. The number of nitrogens with one attached hydrogen (secondary N) is 1. The van der Waals surface area contributed by atoms with Gasteiger partial charge >= 0.3 is 0 Å². The van der Waals surface area contributed by atoms with Gasteiger partial charge in [0.2, 0.25) is 5.91 Å². The molecule has 2 atom stereocenters. The molecular weight excluding hydrogens is 354 g/mol. The van der Waals surface area contributed by atoms with Crippen molar-refractivity contribution in [3.8, 4) is 0 Å². The smallest absolute Gasteiger partial charge is 0.229 e. The standard InChI is InChI=1S/C20H16F2N2OS/c21-13-7-5-12(6-8-13)9-14-11-23-20(26-14)24-19(25)17-10-16(17)15-3-1-2-4-18(15)22/h1-8,11,16-17H,9-10H2,(H,23,24,25). The van der Waals surface area contributed by atoms with Crippen molar-refractivity contribution in [2.75, 3.05) is 5.32 Å². The molecule has 0 saturated heterocycles. The number of nitrogens with zero attached hydrogens (tertiary/aromatic N) is 1. The Hall–Kier alpha value is -2.60. The Bertz CT molecular complexity index is 939. The van der Waals surface area contributed by atoms with E-state index in [-0.39, 0.29) is 29.4 Å². The van der Waals surface area contributed by atoms with E-state index in [1.54, 1.807) is 36.5 Å². The van der Waals surface area contributed by atoms with Gasteiger partial charge < -0.3 is 5.32 Å². The maximum Gasteiger partial charge on any atom is 0.229 e. The van der Waals surface area contributed by atoms with Crippen LogP contribution in [0.1, 0.15) is 28.3 Å². The van der Waals surface area contributed by atoms with Crippen LogP contribution in [0.5, 0.6) is 0 Å². The highest BCUT2D eigenvalue weighted by Crippen LogP contribution is 2.48. The number of amides is 1. The summed E-state index contributed by atoms with van der Waals surface area (Å²) in [6.45, 7) is 0. The molecule has 132 valence electrons. The van der Waals surface area contributed by atoms with Gasteiger partial charge in [-0.05, 0) is 41.7 Å². The molecule has 6 heteroatoms. The number of carbonyl (C=O) groups excluding carboxylic acids is 1. The molecule has 0 aliphatic heterocycles. The quantitative estimate of drug-likeness (QED) is 0.704. The first-order valence-corrected chi connectivity index (χ1v) is 9.16. The fraction of sp³-hybridized carbons (Fsp3) is 0.200. The second-order valence-electron chi connectivity index (χ2n) is 6.39. The van der Waals surface area contributed by atoms with Crippen LogP contribution in [0.15, 0.2) is 54.7 Å². The molecule has 1 aromatic heterocycles. The monoisotopic (exact) mass is 370 g/mol. The number of anilines is 1. The molecule has 26 heavy (non-hydrogen) atoms. The summed E-state index contributed by atoms with van der Waals surface area (Å²) < 4.78 is 26.8. The topological polar surface area (TPSA) is 42.0 Å². The Kier molecular flexibility index (Phi) is 4.51. The van der Waals surface area contributed by atoms with Crippen molar-refractivity contribution in [2.45, 2.75) is 18.8 Å². The molecule has 1 saturated carbocycles. The van der Waals surface area contributed by atoms with E-state index in [0.717, 1.165) is 10.4 Å². The highest BCUT2D eigenvalue weighted by molar-refractivity contribution is 7.15. The second kappa shape index (κ2) is 6.96. The van der Waals surface area contributed by atoms with Gasteiger partial charge in [-0.25, -0.2) is 13.8 Å². The third kappa shape index (κ3) is 3.65. The largest absolute Gasteiger partial charge is 0.302 e. The van der Waals surface area contributed by atoms with Crippen LogP contribution in [0, 0.1) is 17.6 Å². The predicted molar refractivity (Wildman–Crippen MR) is 97.2 cm³/mol. The van der Waals surface area contributed by atoms with Crippen molar-refractivity contribution in [1.82, 2.24) is 4.98 Å². The molecular formula is C20H16F2N2OS. The van der Waals surface area contributed by atoms with E-state index >= 15 is 0 Å². The lowest BCUT2D eigenvalue weighted by molar-refractivity contribution is -0.117. The molecule has 4 rings (SSSR count). The minimum Gasteiger partial charge on any atom is -0.302 e. The molecule has 1 N–H and O–H groups in total. The third-order valence-electron chi connectivity index (χ3n) is 4.51. The predicted octanol–water partition coefficient (Wildman–Crippen LogP) is 4.75. The Morgan fingerprint density at radius 3 is 2.69 bits per heavy atom. The van der Waals surface area contributed by atoms with Crippen molar-refractivity contribution in [1.29, 1.82) is 0 Å². The molecule has 2 unspecified atom stereocenters. The number of carbonyl (C=O) groups is 1. The molecule has 1 heterocycles. The summed E-state index contributed by atoms with van der Waals surface area (Å²) >= 11 is 1.39. The first-order chi connectivity index (χ1) is 12.6. The molecule has 0 spiro atoms. The van der Waals surface area contributed by atoms with Crippen molar-refractivity contribution < 1.29 is 13.6 Å². The summed E-state index contributed by atoms with van der Waals surface area (Å²) in [7, 11) is 0. The van der Waals surface area contributed by atoms with Crippen molar-refractivity contribution in [2.24, 2.45) is 5.92 Å². The van der Waals surface area contributed by atoms with Gasteiger partial charge in [0.1, 0.15) is 11.6 Å². The minimum atomic E-state index is -0.264. The van der Waals surface area contributed by atoms with E-state index in [2.05, 4.69) is 10.3 Å². The number of hydrogen-bond acceptors (Lipinski definition) is 3. The van der Waals surface area contributed by atoms with Crippen LogP contribution in [-0.2, 0) is 11.2 Å². The first kappa shape index (κ1) is 16.8. The summed E-state index contributed by atoms with van der Waals surface area (Å²) in [5.41, 5.74) is 1.58. The lowest BCUT2D eigenvalue weighted by Gasteiger charge is -2.03. The van der Waals surface area contributed by atoms with Gasteiger partial charge in [-0.1, -0.05) is 30.3 Å². The molecule has 3 nitrogen and oxygen atoms in total. The van der Waals surface area contributed by atoms with Crippen molar-refractivity contribution in [3.63, 3.8) is 0 Å². The average Bonchev–Trinajstić information content (AvgIpc) is 3.31. The Balaban J connectivity index is 1.36. The Labute approximate surface area is 153 Å². The fourth-order valence-corrected chi connectivity index (χ4v) is 3.90. The van der Waals surface area contributed by atoms with Gasteiger partial charge in [0.25, 0.3) is 0 Å². The van der Waals surface area contributed by atoms with Crippen LogP contribution >= 0.6 is 11.3 Å². The van der Waals surface area contributed by atoms with E-state index in [1.165, 1.54) is 29.5 Å². The summed E-state index contributed by atoms with van der Waals surface area (Å²) in [5, 5.41) is 3.36. The van der Waals surface area contributed by atoms with E-state index in [1.807, 2.05) is 0 Å².